The van der Waals surface area contributed by atoms with Crippen molar-refractivity contribution in [3.63, 3.8) is 0 Å². The third-order valence-electron chi connectivity index (χ3n) is 2.48. The lowest BCUT2D eigenvalue weighted by Gasteiger charge is -2.14. The number of rotatable bonds is 5. The van der Waals surface area contributed by atoms with E-state index in [1.54, 1.807) is 14.0 Å². The lowest BCUT2D eigenvalue weighted by atomic mass is 10.1. The van der Waals surface area contributed by atoms with Crippen molar-refractivity contribution in [3.05, 3.63) is 35.9 Å². The predicted octanol–water partition coefficient (Wildman–Crippen LogP) is 0.444. The summed E-state index contributed by atoms with van der Waals surface area (Å²) in [6, 6.07) is 9.02. The zero-order valence-corrected chi connectivity index (χ0v) is 9.60. The quantitative estimate of drug-likeness (QED) is 0.677. The summed E-state index contributed by atoms with van der Waals surface area (Å²) < 4.78 is 0. The van der Waals surface area contributed by atoms with Crippen LogP contribution in [0, 0.1) is 0 Å². The summed E-state index contributed by atoms with van der Waals surface area (Å²) in [5.74, 6) is -0.113. The van der Waals surface area contributed by atoms with E-state index in [4.69, 9.17) is 0 Å². The lowest BCUT2D eigenvalue weighted by Crippen LogP contribution is -2.41. The minimum Gasteiger partial charge on any atom is -0.387 e. The van der Waals surface area contributed by atoms with E-state index >= 15 is 0 Å². The number of benzene rings is 1. The Labute approximate surface area is 95.7 Å². The van der Waals surface area contributed by atoms with E-state index in [9.17, 15) is 9.90 Å². The Kier molecular flexibility index (Phi) is 4.95. The van der Waals surface area contributed by atoms with Crippen LogP contribution in [0.15, 0.2) is 30.3 Å². The van der Waals surface area contributed by atoms with Crippen LogP contribution in [0.1, 0.15) is 18.6 Å². The maximum Gasteiger partial charge on any atom is 0.236 e. The minimum absolute atomic E-state index is 0.113. The van der Waals surface area contributed by atoms with Crippen LogP contribution in [-0.2, 0) is 4.79 Å². The molecule has 0 fully saturated rings. The molecule has 4 heteroatoms. The number of carbonyl (C=O) groups excluding carboxylic acids is 1. The average Bonchev–Trinajstić information content (AvgIpc) is 2.35. The number of nitrogens with one attached hydrogen (secondary N) is 2. The smallest absolute Gasteiger partial charge is 0.236 e. The van der Waals surface area contributed by atoms with Crippen LogP contribution in [0.5, 0.6) is 0 Å². The van der Waals surface area contributed by atoms with Crippen molar-refractivity contribution in [3.8, 4) is 0 Å². The second-order valence-corrected chi connectivity index (χ2v) is 3.68. The highest BCUT2D eigenvalue weighted by atomic mass is 16.3. The number of hydrogen-bond donors (Lipinski definition) is 3. The molecule has 0 aromatic heterocycles. The van der Waals surface area contributed by atoms with E-state index in [0.717, 1.165) is 5.56 Å². The second-order valence-electron chi connectivity index (χ2n) is 3.68. The molecule has 88 valence electrons. The molecule has 0 saturated heterocycles. The van der Waals surface area contributed by atoms with E-state index < -0.39 is 6.10 Å². The van der Waals surface area contributed by atoms with E-state index in [1.165, 1.54) is 0 Å². The van der Waals surface area contributed by atoms with Gasteiger partial charge in [0.15, 0.2) is 0 Å². The van der Waals surface area contributed by atoms with Crippen molar-refractivity contribution in [1.29, 1.82) is 0 Å². The van der Waals surface area contributed by atoms with Gasteiger partial charge in [0.25, 0.3) is 0 Å². The van der Waals surface area contributed by atoms with E-state index in [1.807, 2.05) is 30.3 Å². The van der Waals surface area contributed by atoms with E-state index in [0.29, 0.717) is 0 Å². The maximum atomic E-state index is 11.4. The first-order chi connectivity index (χ1) is 7.65. The normalized spacial score (nSPS) is 14.2. The van der Waals surface area contributed by atoms with Gasteiger partial charge in [0.2, 0.25) is 5.91 Å². The molecule has 1 amide bonds. The summed E-state index contributed by atoms with van der Waals surface area (Å²) in [6.45, 7) is 2.00. The number of likely N-dealkylation sites (N-methyl/N-ethyl adjacent to an activating group) is 1. The zero-order chi connectivity index (χ0) is 12.0. The highest BCUT2D eigenvalue weighted by molar-refractivity contribution is 5.81. The van der Waals surface area contributed by atoms with Gasteiger partial charge in [0, 0.05) is 6.54 Å². The molecule has 0 aliphatic carbocycles. The Hall–Kier alpha value is -1.39. The van der Waals surface area contributed by atoms with E-state index in [2.05, 4.69) is 10.6 Å². The van der Waals surface area contributed by atoms with Crippen LogP contribution >= 0.6 is 0 Å². The summed E-state index contributed by atoms with van der Waals surface area (Å²) in [6.07, 6.45) is -0.658. The molecule has 0 radical (unpaired) electrons. The summed E-state index contributed by atoms with van der Waals surface area (Å²) in [7, 11) is 1.72. The van der Waals surface area contributed by atoms with Crippen LogP contribution in [0.4, 0.5) is 0 Å². The lowest BCUT2D eigenvalue weighted by molar-refractivity contribution is -0.123. The largest absolute Gasteiger partial charge is 0.387 e. The van der Waals surface area contributed by atoms with Crippen molar-refractivity contribution in [2.45, 2.75) is 19.1 Å². The number of amides is 1. The number of hydrogen-bond acceptors (Lipinski definition) is 3. The van der Waals surface area contributed by atoms with Crippen molar-refractivity contribution < 1.29 is 9.90 Å². The maximum absolute atomic E-state index is 11.4. The van der Waals surface area contributed by atoms with Gasteiger partial charge < -0.3 is 15.7 Å². The fraction of sp³-hybridized carbons (Fsp3) is 0.417. The predicted molar refractivity (Wildman–Crippen MR) is 62.9 cm³/mol. The van der Waals surface area contributed by atoms with E-state index in [-0.39, 0.29) is 18.5 Å². The number of aliphatic hydroxyl groups is 1. The Morgan fingerprint density at radius 1 is 1.38 bits per heavy atom. The van der Waals surface area contributed by atoms with Crippen molar-refractivity contribution >= 4 is 5.91 Å². The standard InChI is InChI=1S/C12H18N2O2/c1-9(13-2)12(16)14-8-11(15)10-6-4-3-5-7-10/h3-7,9,11,13,15H,8H2,1-2H3,(H,14,16). The zero-order valence-electron chi connectivity index (χ0n) is 9.60. The number of carbonyl (C=O) groups is 1. The molecule has 3 N–H and O–H groups in total. The monoisotopic (exact) mass is 222 g/mol. The molecule has 1 rings (SSSR count). The Balaban J connectivity index is 2.42. The van der Waals surface area contributed by atoms with Crippen LogP contribution in [0.2, 0.25) is 0 Å². The molecule has 0 spiro atoms. The van der Waals surface area contributed by atoms with Crippen LogP contribution in [0.3, 0.4) is 0 Å². The van der Waals surface area contributed by atoms with Crippen molar-refractivity contribution in [2.75, 3.05) is 13.6 Å². The van der Waals surface area contributed by atoms with Gasteiger partial charge in [0.1, 0.15) is 0 Å². The molecular weight excluding hydrogens is 204 g/mol. The first-order valence-corrected chi connectivity index (χ1v) is 5.33. The Bertz CT molecular complexity index is 327. The summed E-state index contributed by atoms with van der Waals surface area (Å²) in [5.41, 5.74) is 0.805. The second kappa shape index (κ2) is 6.25. The molecule has 4 nitrogen and oxygen atoms in total. The van der Waals surface area contributed by atoms with Gasteiger partial charge >= 0.3 is 0 Å². The molecule has 0 bridgehead atoms. The molecule has 16 heavy (non-hydrogen) atoms. The molecule has 1 aromatic rings. The highest BCUT2D eigenvalue weighted by Gasteiger charge is 2.12. The van der Waals surface area contributed by atoms with Gasteiger partial charge in [-0.2, -0.15) is 0 Å². The molecule has 0 aliphatic heterocycles. The van der Waals surface area contributed by atoms with Crippen LogP contribution in [0.25, 0.3) is 0 Å². The number of aliphatic hydroxyl groups excluding tert-OH is 1. The summed E-state index contributed by atoms with van der Waals surface area (Å²) in [5, 5.41) is 15.3. The molecule has 0 saturated carbocycles. The third kappa shape index (κ3) is 3.64. The fourth-order valence-corrected chi connectivity index (χ4v) is 1.27. The molecule has 2 atom stereocenters. The average molecular weight is 222 g/mol. The van der Waals surface area contributed by atoms with Crippen LogP contribution < -0.4 is 10.6 Å². The minimum atomic E-state index is -0.658. The molecule has 2 unspecified atom stereocenters. The topological polar surface area (TPSA) is 61.4 Å². The van der Waals surface area contributed by atoms with Crippen molar-refractivity contribution in [2.24, 2.45) is 0 Å². The third-order valence-corrected chi connectivity index (χ3v) is 2.48. The summed E-state index contributed by atoms with van der Waals surface area (Å²) >= 11 is 0. The molecular formula is C12H18N2O2. The van der Waals surface area contributed by atoms with Gasteiger partial charge in [-0.3, -0.25) is 4.79 Å². The first kappa shape index (κ1) is 12.7. The van der Waals surface area contributed by atoms with Gasteiger partial charge in [-0.05, 0) is 19.5 Å². The van der Waals surface area contributed by atoms with Gasteiger partial charge in [-0.15, -0.1) is 0 Å². The van der Waals surface area contributed by atoms with Crippen LogP contribution in [-0.4, -0.2) is 30.6 Å². The van der Waals surface area contributed by atoms with Gasteiger partial charge in [0.05, 0.1) is 12.1 Å². The highest BCUT2D eigenvalue weighted by Crippen LogP contribution is 2.10. The molecule has 0 heterocycles. The van der Waals surface area contributed by atoms with Crippen molar-refractivity contribution in [1.82, 2.24) is 10.6 Å². The first-order valence-electron chi connectivity index (χ1n) is 5.33. The SMILES string of the molecule is CNC(C)C(=O)NCC(O)c1ccccc1. The summed E-state index contributed by atoms with van der Waals surface area (Å²) in [4.78, 5) is 11.4. The Morgan fingerprint density at radius 2 is 2.00 bits per heavy atom. The molecule has 1 aromatic carbocycles. The fourth-order valence-electron chi connectivity index (χ4n) is 1.27. The Morgan fingerprint density at radius 3 is 2.56 bits per heavy atom. The van der Waals surface area contributed by atoms with Gasteiger partial charge in [-0.1, -0.05) is 30.3 Å². The molecule has 0 aliphatic rings. The van der Waals surface area contributed by atoms with Gasteiger partial charge in [-0.25, -0.2) is 0 Å².